The Hall–Kier alpha value is -2.71. The number of rotatable bonds is 7. The van der Waals surface area contributed by atoms with E-state index in [1.54, 1.807) is 12.1 Å². The molecule has 2 amide bonds. The average molecular weight is 470 g/mol. The van der Waals surface area contributed by atoms with Gasteiger partial charge in [-0.25, -0.2) is 8.42 Å². The van der Waals surface area contributed by atoms with E-state index in [2.05, 4.69) is 22.3 Å². The lowest BCUT2D eigenvalue weighted by Crippen LogP contribution is -2.52. The SMILES string of the molecule is C[C@@H]1CCCC[C@@H]1NC(=O)[C@@H](Cc1ccccc1)NS(=O)(=O)c1ccc2c(c1)CCC(=O)N2. The summed E-state index contributed by atoms with van der Waals surface area (Å²) in [4.78, 5) is 24.9. The topological polar surface area (TPSA) is 104 Å². The number of benzene rings is 2. The van der Waals surface area contributed by atoms with Crippen molar-refractivity contribution in [3.63, 3.8) is 0 Å². The summed E-state index contributed by atoms with van der Waals surface area (Å²) in [5, 5.41) is 5.87. The molecule has 0 unspecified atom stereocenters. The first-order valence-electron chi connectivity index (χ1n) is 11.6. The highest BCUT2D eigenvalue weighted by Crippen LogP contribution is 2.26. The molecule has 8 heteroatoms. The highest BCUT2D eigenvalue weighted by molar-refractivity contribution is 7.89. The summed E-state index contributed by atoms with van der Waals surface area (Å²) < 4.78 is 29.2. The van der Waals surface area contributed by atoms with Gasteiger partial charge in [0.1, 0.15) is 6.04 Å². The van der Waals surface area contributed by atoms with Crippen LogP contribution in [0.3, 0.4) is 0 Å². The number of amides is 2. The highest BCUT2D eigenvalue weighted by atomic mass is 32.2. The van der Waals surface area contributed by atoms with Crippen LogP contribution in [0.15, 0.2) is 53.4 Å². The van der Waals surface area contributed by atoms with Crippen molar-refractivity contribution in [2.75, 3.05) is 5.32 Å². The third kappa shape index (κ3) is 5.81. The minimum Gasteiger partial charge on any atom is -0.352 e. The second kappa shape index (κ2) is 10.1. The summed E-state index contributed by atoms with van der Waals surface area (Å²) in [6.45, 7) is 2.13. The van der Waals surface area contributed by atoms with Crippen LogP contribution < -0.4 is 15.4 Å². The van der Waals surface area contributed by atoms with E-state index < -0.39 is 16.1 Å². The second-order valence-corrected chi connectivity index (χ2v) is 10.8. The Balaban J connectivity index is 1.55. The van der Waals surface area contributed by atoms with Crippen LogP contribution in [0, 0.1) is 5.92 Å². The fourth-order valence-corrected chi connectivity index (χ4v) is 5.88. The zero-order chi connectivity index (χ0) is 23.4. The van der Waals surface area contributed by atoms with Gasteiger partial charge >= 0.3 is 0 Å². The summed E-state index contributed by atoms with van der Waals surface area (Å²) in [7, 11) is -3.95. The number of carbonyl (C=O) groups is 2. The summed E-state index contributed by atoms with van der Waals surface area (Å²) in [6, 6.07) is 13.2. The molecule has 33 heavy (non-hydrogen) atoms. The van der Waals surface area contributed by atoms with E-state index in [-0.39, 0.29) is 29.2 Å². The summed E-state index contributed by atoms with van der Waals surface area (Å²) in [6.07, 6.45) is 5.26. The van der Waals surface area contributed by atoms with Gasteiger partial charge < -0.3 is 10.6 Å². The molecule has 2 aromatic carbocycles. The van der Waals surface area contributed by atoms with Crippen molar-refractivity contribution in [1.29, 1.82) is 0 Å². The van der Waals surface area contributed by atoms with E-state index in [0.29, 0.717) is 24.4 Å². The van der Waals surface area contributed by atoms with Gasteiger partial charge in [-0.15, -0.1) is 0 Å². The molecule has 4 rings (SSSR count). The van der Waals surface area contributed by atoms with Gasteiger partial charge in [-0.3, -0.25) is 9.59 Å². The highest BCUT2D eigenvalue weighted by Gasteiger charge is 2.30. The van der Waals surface area contributed by atoms with Crippen molar-refractivity contribution >= 4 is 27.5 Å². The van der Waals surface area contributed by atoms with E-state index >= 15 is 0 Å². The van der Waals surface area contributed by atoms with Gasteiger partial charge in [0.2, 0.25) is 21.8 Å². The number of aryl methyl sites for hydroxylation is 1. The largest absolute Gasteiger partial charge is 0.352 e. The van der Waals surface area contributed by atoms with E-state index in [9.17, 15) is 18.0 Å². The second-order valence-electron chi connectivity index (χ2n) is 9.11. The van der Waals surface area contributed by atoms with Gasteiger partial charge in [-0.1, -0.05) is 50.1 Å². The van der Waals surface area contributed by atoms with Gasteiger partial charge in [0.05, 0.1) is 4.90 Å². The minimum absolute atomic E-state index is 0.0568. The molecule has 1 aliphatic heterocycles. The van der Waals surface area contributed by atoms with Crippen LogP contribution >= 0.6 is 0 Å². The third-order valence-electron chi connectivity index (χ3n) is 6.62. The van der Waals surface area contributed by atoms with E-state index in [1.165, 1.54) is 6.07 Å². The maximum absolute atomic E-state index is 13.3. The monoisotopic (exact) mass is 469 g/mol. The first-order chi connectivity index (χ1) is 15.8. The van der Waals surface area contributed by atoms with E-state index in [1.807, 2.05) is 30.3 Å². The Kier molecular flexibility index (Phi) is 7.14. The molecule has 3 N–H and O–H groups in total. The molecule has 3 atom stereocenters. The van der Waals surface area contributed by atoms with Crippen molar-refractivity contribution in [1.82, 2.24) is 10.0 Å². The Morgan fingerprint density at radius 3 is 2.61 bits per heavy atom. The van der Waals surface area contributed by atoms with Crippen LogP contribution in [0.1, 0.15) is 50.2 Å². The molecule has 7 nitrogen and oxygen atoms in total. The van der Waals surface area contributed by atoms with E-state index in [0.717, 1.165) is 36.8 Å². The Morgan fingerprint density at radius 1 is 1.09 bits per heavy atom. The number of hydrogen-bond donors (Lipinski definition) is 3. The summed E-state index contributed by atoms with van der Waals surface area (Å²) in [5.41, 5.74) is 2.29. The maximum Gasteiger partial charge on any atom is 0.241 e. The van der Waals surface area contributed by atoms with Crippen molar-refractivity contribution in [2.24, 2.45) is 5.92 Å². The smallest absolute Gasteiger partial charge is 0.241 e. The molecule has 1 fully saturated rings. The molecule has 0 saturated heterocycles. The van der Waals surface area contributed by atoms with Gasteiger partial charge in [0.25, 0.3) is 0 Å². The predicted molar refractivity (Wildman–Crippen MR) is 127 cm³/mol. The standard InChI is InChI=1S/C25H31N3O4S/c1-17-7-5-6-10-21(17)27-25(30)23(15-18-8-3-2-4-9-18)28-33(31,32)20-12-13-22-19(16-20)11-14-24(29)26-22/h2-4,8-9,12-13,16-17,21,23,28H,5-7,10-11,14-15H2,1H3,(H,26,29)(H,27,30)/t17-,21+,23-/m1/s1. The molecule has 0 aromatic heterocycles. The first kappa shape index (κ1) is 23.4. The van der Waals surface area contributed by atoms with Crippen molar-refractivity contribution in [3.05, 3.63) is 59.7 Å². The molecule has 176 valence electrons. The van der Waals surface area contributed by atoms with Gasteiger partial charge in [0.15, 0.2) is 0 Å². The molecular formula is C25H31N3O4S. The van der Waals surface area contributed by atoms with Crippen LogP contribution in [0.25, 0.3) is 0 Å². The lowest BCUT2D eigenvalue weighted by atomic mass is 9.86. The van der Waals surface area contributed by atoms with Crippen molar-refractivity contribution in [2.45, 2.75) is 68.8 Å². The molecule has 0 spiro atoms. The Morgan fingerprint density at radius 2 is 1.85 bits per heavy atom. The normalized spacial score (nSPS) is 21.5. The molecule has 0 bridgehead atoms. The van der Waals surface area contributed by atoms with Crippen molar-refractivity contribution < 1.29 is 18.0 Å². The quantitative estimate of drug-likeness (QED) is 0.579. The molecular weight excluding hydrogens is 438 g/mol. The minimum atomic E-state index is -3.95. The summed E-state index contributed by atoms with van der Waals surface area (Å²) >= 11 is 0. The molecule has 1 saturated carbocycles. The Bertz CT molecular complexity index is 1120. The average Bonchev–Trinajstić information content (AvgIpc) is 2.80. The lowest BCUT2D eigenvalue weighted by Gasteiger charge is -2.31. The number of anilines is 1. The molecule has 1 heterocycles. The number of carbonyl (C=O) groups excluding carboxylic acids is 2. The zero-order valence-corrected chi connectivity index (χ0v) is 19.7. The molecule has 2 aromatic rings. The fourth-order valence-electron chi connectivity index (χ4n) is 4.63. The van der Waals surface area contributed by atoms with Crippen LogP contribution in [0.5, 0.6) is 0 Å². The van der Waals surface area contributed by atoms with Gasteiger partial charge in [-0.2, -0.15) is 4.72 Å². The first-order valence-corrected chi connectivity index (χ1v) is 13.1. The lowest BCUT2D eigenvalue weighted by molar-refractivity contribution is -0.124. The number of nitrogens with one attached hydrogen (secondary N) is 3. The maximum atomic E-state index is 13.3. The van der Waals surface area contributed by atoms with Gasteiger partial charge in [-0.05, 0) is 60.9 Å². The van der Waals surface area contributed by atoms with Crippen LogP contribution in [-0.4, -0.2) is 32.3 Å². The molecule has 2 aliphatic rings. The Labute approximate surface area is 195 Å². The summed E-state index contributed by atoms with van der Waals surface area (Å²) in [5.74, 6) is -0.00768. The van der Waals surface area contributed by atoms with Crippen LogP contribution in [0.2, 0.25) is 0 Å². The predicted octanol–water partition coefficient (Wildman–Crippen LogP) is 3.16. The zero-order valence-electron chi connectivity index (χ0n) is 18.8. The molecule has 1 aliphatic carbocycles. The molecule has 0 radical (unpaired) electrons. The van der Waals surface area contributed by atoms with Gasteiger partial charge in [0, 0.05) is 18.2 Å². The number of sulfonamides is 1. The number of fused-ring (bicyclic) bond motifs is 1. The van der Waals surface area contributed by atoms with E-state index in [4.69, 9.17) is 0 Å². The van der Waals surface area contributed by atoms with Crippen LogP contribution in [-0.2, 0) is 32.5 Å². The van der Waals surface area contributed by atoms with Crippen LogP contribution in [0.4, 0.5) is 5.69 Å². The fraction of sp³-hybridized carbons (Fsp3) is 0.440. The van der Waals surface area contributed by atoms with Crippen molar-refractivity contribution in [3.8, 4) is 0 Å². The number of hydrogen-bond acceptors (Lipinski definition) is 4. The third-order valence-corrected chi connectivity index (χ3v) is 8.09.